The van der Waals surface area contributed by atoms with Gasteiger partial charge in [-0.1, -0.05) is 38.1 Å². The molecule has 2 aromatic heterocycles. The Morgan fingerprint density at radius 2 is 1.73 bits per heavy atom. The Kier molecular flexibility index (Phi) is 6.95. The van der Waals surface area contributed by atoms with E-state index >= 15 is 0 Å². The first-order valence-corrected chi connectivity index (χ1v) is 11.7. The van der Waals surface area contributed by atoms with Crippen LogP contribution in [0.3, 0.4) is 0 Å². The summed E-state index contributed by atoms with van der Waals surface area (Å²) in [7, 11) is -3.31. The molecule has 0 aliphatic carbocycles. The molecule has 6 nitrogen and oxygen atoms in total. The Bertz CT molecular complexity index is 1110. The average Bonchev–Trinajstić information content (AvgIpc) is 2.78. The van der Waals surface area contributed by atoms with Crippen molar-refractivity contribution in [3.63, 3.8) is 0 Å². The Morgan fingerprint density at radius 3 is 2.37 bits per heavy atom. The maximum absolute atomic E-state index is 12.0. The molecule has 30 heavy (non-hydrogen) atoms. The molecule has 1 fully saturated rings. The molecule has 0 saturated carbocycles. The molecule has 0 spiro atoms. The molecular weight excluding hydrogens is 420 g/mol. The molecule has 0 radical (unpaired) electrons. The van der Waals surface area contributed by atoms with Gasteiger partial charge in [-0.2, -0.15) is 0 Å². The number of fused-ring (bicyclic) bond motifs is 1. The lowest BCUT2D eigenvalue weighted by Gasteiger charge is -2.35. The summed E-state index contributed by atoms with van der Waals surface area (Å²) in [5.74, 6) is 1.03. The van der Waals surface area contributed by atoms with Crippen molar-refractivity contribution in [2.45, 2.75) is 18.9 Å². The highest BCUT2D eigenvalue weighted by atomic mass is 35.5. The van der Waals surface area contributed by atoms with Crippen LogP contribution in [0.25, 0.3) is 22.0 Å². The van der Waals surface area contributed by atoms with E-state index in [0.717, 1.165) is 60.6 Å². The molecule has 160 valence electrons. The number of likely N-dealkylation sites (N-methyl/N-ethyl adjacent to an activating group) is 1. The van der Waals surface area contributed by atoms with E-state index in [1.165, 1.54) is 0 Å². The number of aromatic nitrogens is 2. The summed E-state index contributed by atoms with van der Waals surface area (Å²) in [5, 5.41) is 2.37. The number of rotatable bonds is 5. The predicted molar refractivity (Wildman–Crippen MR) is 124 cm³/mol. The molecule has 4 rings (SSSR count). The quantitative estimate of drug-likeness (QED) is 0.596. The molecule has 0 N–H and O–H groups in total. The highest BCUT2D eigenvalue weighted by Gasteiger charge is 2.20. The van der Waals surface area contributed by atoms with Crippen LogP contribution in [-0.2, 0) is 9.84 Å². The summed E-state index contributed by atoms with van der Waals surface area (Å²) < 4.78 is 24.1. The van der Waals surface area contributed by atoms with Gasteiger partial charge in [-0.3, -0.25) is 0 Å². The summed E-state index contributed by atoms with van der Waals surface area (Å²) in [4.78, 5) is 14.0. The average molecular weight is 447 g/mol. The molecule has 0 amide bonds. The van der Waals surface area contributed by atoms with Crippen molar-refractivity contribution in [2.24, 2.45) is 0 Å². The minimum absolute atomic E-state index is 0. The normalized spacial score (nSPS) is 15.2. The SMILES string of the molecule is CCN1CCN(c2nc(-c3ccc(S(=O)(=O)CC)nc3)cc3ccccc23)CC1.Cl. The fourth-order valence-electron chi connectivity index (χ4n) is 3.71. The molecule has 0 atom stereocenters. The van der Waals surface area contributed by atoms with Crippen LogP contribution < -0.4 is 4.90 Å². The van der Waals surface area contributed by atoms with Gasteiger partial charge in [-0.15, -0.1) is 12.4 Å². The van der Waals surface area contributed by atoms with E-state index in [1.807, 2.05) is 18.2 Å². The third-order valence-corrected chi connectivity index (χ3v) is 7.21. The molecular formula is C22H27ClN4O2S. The molecule has 3 heterocycles. The monoisotopic (exact) mass is 446 g/mol. The van der Waals surface area contributed by atoms with Gasteiger partial charge in [0.25, 0.3) is 0 Å². The molecule has 0 bridgehead atoms. The number of halogens is 1. The van der Waals surface area contributed by atoms with Gasteiger partial charge in [0.05, 0.1) is 11.4 Å². The first-order chi connectivity index (χ1) is 14.0. The van der Waals surface area contributed by atoms with Crippen LogP contribution in [0.15, 0.2) is 53.7 Å². The van der Waals surface area contributed by atoms with Gasteiger partial charge >= 0.3 is 0 Å². The zero-order valence-corrected chi connectivity index (χ0v) is 18.9. The Morgan fingerprint density at radius 1 is 1.00 bits per heavy atom. The van der Waals surface area contributed by atoms with Crippen molar-refractivity contribution in [1.29, 1.82) is 0 Å². The molecule has 8 heteroatoms. The second kappa shape index (κ2) is 9.29. The maximum Gasteiger partial charge on any atom is 0.195 e. The number of anilines is 1. The molecule has 1 aliphatic rings. The maximum atomic E-state index is 12.0. The van der Waals surface area contributed by atoms with E-state index in [9.17, 15) is 8.42 Å². The summed E-state index contributed by atoms with van der Waals surface area (Å²) in [5.41, 5.74) is 1.63. The van der Waals surface area contributed by atoms with E-state index in [2.05, 4.69) is 33.8 Å². The van der Waals surface area contributed by atoms with Gasteiger partial charge in [-0.05, 0) is 30.1 Å². The van der Waals surface area contributed by atoms with E-state index < -0.39 is 9.84 Å². The summed E-state index contributed by atoms with van der Waals surface area (Å²) in [6.45, 7) is 8.84. The lowest BCUT2D eigenvalue weighted by atomic mass is 10.1. The van der Waals surface area contributed by atoms with Crippen molar-refractivity contribution < 1.29 is 8.42 Å². The molecule has 3 aromatic rings. The minimum atomic E-state index is -3.31. The number of hydrogen-bond acceptors (Lipinski definition) is 6. The van der Waals surface area contributed by atoms with Crippen LogP contribution in [0.5, 0.6) is 0 Å². The molecule has 1 aliphatic heterocycles. The predicted octanol–water partition coefficient (Wildman–Crippen LogP) is 3.65. The van der Waals surface area contributed by atoms with Gasteiger partial charge < -0.3 is 9.80 Å². The van der Waals surface area contributed by atoms with E-state index in [0.29, 0.717) is 0 Å². The largest absolute Gasteiger partial charge is 0.354 e. The summed E-state index contributed by atoms with van der Waals surface area (Å²) in [6, 6.07) is 13.7. The standard InChI is InChI=1S/C22H26N4O2S.ClH/c1-3-25-11-13-26(14-12-25)22-19-8-6-5-7-17(19)15-20(24-22)18-9-10-21(23-16-18)29(27,28)4-2;/h5-10,15-16H,3-4,11-14H2,1-2H3;1H. The first-order valence-electron chi connectivity index (χ1n) is 10.1. The lowest BCUT2D eigenvalue weighted by Crippen LogP contribution is -2.46. The minimum Gasteiger partial charge on any atom is -0.354 e. The van der Waals surface area contributed by atoms with E-state index in [1.54, 1.807) is 25.3 Å². The van der Waals surface area contributed by atoms with Crippen molar-refractivity contribution in [3.8, 4) is 11.3 Å². The van der Waals surface area contributed by atoms with Crippen molar-refractivity contribution >= 4 is 38.8 Å². The van der Waals surface area contributed by atoms with Crippen LogP contribution >= 0.6 is 12.4 Å². The lowest BCUT2D eigenvalue weighted by molar-refractivity contribution is 0.271. The smallest absolute Gasteiger partial charge is 0.195 e. The van der Waals surface area contributed by atoms with E-state index in [-0.39, 0.29) is 23.2 Å². The van der Waals surface area contributed by atoms with Gasteiger partial charge in [0.1, 0.15) is 5.82 Å². The number of hydrogen-bond donors (Lipinski definition) is 0. The number of pyridine rings is 2. The van der Waals surface area contributed by atoms with Crippen LogP contribution in [0.2, 0.25) is 0 Å². The second-order valence-electron chi connectivity index (χ2n) is 7.26. The highest BCUT2D eigenvalue weighted by molar-refractivity contribution is 7.91. The van der Waals surface area contributed by atoms with Crippen LogP contribution in [0.4, 0.5) is 5.82 Å². The van der Waals surface area contributed by atoms with Crippen molar-refractivity contribution in [2.75, 3.05) is 43.4 Å². The Balaban J connectivity index is 0.00000256. The molecule has 1 saturated heterocycles. The van der Waals surface area contributed by atoms with Gasteiger partial charge in [-0.25, -0.2) is 18.4 Å². The number of piperazine rings is 1. The molecule has 1 aromatic carbocycles. The Hall–Kier alpha value is -2.22. The number of nitrogens with zero attached hydrogens (tertiary/aromatic N) is 4. The third kappa shape index (κ3) is 4.43. The third-order valence-electron chi connectivity index (χ3n) is 5.57. The topological polar surface area (TPSA) is 66.4 Å². The van der Waals surface area contributed by atoms with Crippen molar-refractivity contribution in [1.82, 2.24) is 14.9 Å². The van der Waals surface area contributed by atoms with Crippen LogP contribution in [-0.4, -0.2) is 61.8 Å². The zero-order valence-electron chi connectivity index (χ0n) is 17.3. The van der Waals surface area contributed by atoms with E-state index in [4.69, 9.17) is 4.98 Å². The fourth-order valence-corrected chi connectivity index (χ4v) is 4.49. The second-order valence-corrected chi connectivity index (χ2v) is 9.49. The first kappa shape index (κ1) is 22.5. The van der Waals surface area contributed by atoms with Gasteiger partial charge in [0.2, 0.25) is 0 Å². The zero-order chi connectivity index (χ0) is 20.4. The van der Waals surface area contributed by atoms with Gasteiger partial charge in [0.15, 0.2) is 14.9 Å². The molecule has 0 unspecified atom stereocenters. The Labute approximate surface area is 184 Å². The number of benzene rings is 1. The van der Waals surface area contributed by atoms with Crippen LogP contribution in [0, 0.1) is 0 Å². The highest BCUT2D eigenvalue weighted by Crippen LogP contribution is 2.30. The summed E-state index contributed by atoms with van der Waals surface area (Å²) >= 11 is 0. The number of sulfone groups is 1. The van der Waals surface area contributed by atoms with Gasteiger partial charge in [0, 0.05) is 43.3 Å². The van der Waals surface area contributed by atoms with Crippen molar-refractivity contribution in [3.05, 3.63) is 48.7 Å². The fraction of sp³-hybridized carbons (Fsp3) is 0.364. The summed E-state index contributed by atoms with van der Waals surface area (Å²) in [6.07, 6.45) is 1.61. The van der Waals surface area contributed by atoms with Crippen LogP contribution in [0.1, 0.15) is 13.8 Å².